The Balaban J connectivity index is 2.23. The fourth-order valence-corrected chi connectivity index (χ4v) is 2.58. The molecule has 0 spiro atoms. The van der Waals surface area contributed by atoms with Gasteiger partial charge in [0.25, 0.3) is 0 Å². The van der Waals surface area contributed by atoms with Gasteiger partial charge in [0.15, 0.2) is 0 Å². The van der Waals surface area contributed by atoms with Crippen molar-refractivity contribution in [2.24, 2.45) is 0 Å². The SMILES string of the molecule is O=c1ccc2sc(-c3ccccn3)cc2[nH]1. The van der Waals surface area contributed by atoms with Crippen LogP contribution in [0.4, 0.5) is 0 Å². The summed E-state index contributed by atoms with van der Waals surface area (Å²) in [6.45, 7) is 0. The molecule has 0 amide bonds. The summed E-state index contributed by atoms with van der Waals surface area (Å²) in [5.74, 6) is 0. The summed E-state index contributed by atoms with van der Waals surface area (Å²) >= 11 is 1.63. The van der Waals surface area contributed by atoms with Gasteiger partial charge in [-0.15, -0.1) is 11.3 Å². The van der Waals surface area contributed by atoms with Crippen molar-refractivity contribution in [3.8, 4) is 10.6 Å². The molecular formula is C12H8N2OS. The summed E-state index contributed by atoms with van der Waals surface area (Å²) < 4.78 is 1.07. The van der Waals surface area contributed by atoms with Gasteiger partial charge in [-0.3, -0.25) is 9.78 Å². The normalized spacial score (nSPS) is 10.8. The number of aromatic nitrogens is 2. The highest BCUT2D eigenvalue weighted by Crippen LogP contribution is 2.30. The van der Waals surface area contributed by atoms with Crippen LogP contribution < -0.4 is 5.56 Å². The summed E-state index contributed by atoms with van der Waals surface area (Å²) in [7, 11) is 0. The Kier molecular flexibility index (Phi) is 2.08. The highest BCUT2D eigenvalue weighted by Gasteiger charge is 2.04. The highest BCUT2D eigenvalue weighted by atomic mass is 32.1. The lowest BCUT2D eigenvalue weighted by molar-refractivity contribution is 1.31. The predicted octanol–water partition coefficient (Wildman–Crippen LogP) is 2.65. The summed E-state index contributed by atoms with van der Waals surface area (Å²) in [4.78, 5) is 19.3. The quantitative estimate of drug-likeness (QED) is 0.696. The van der Waals surface area contributed by atoms with E-state index < -0.39 is 0 Å². The molecule has 0 bridgehead atoms. The molecule has 1 N–H and O–H groups in total. The zero-order valence-electron chi connectivity index (χ0n) is 8.31. The van der Waals surface area contributed by atoms with Crippen LogP contribution in [0.1, 0.15) is 0 Å². The molecule has 3 aromatic rings. The Morgan fingerprint density at radius 2 is 2.12 bits per heavy atom. The summed E-state index contributed by atoms with van der Waals surface area (Å²) in [6, 6.07) is 11.1. The van der Waals surface area contributed by atoms with Crippen LogP contribution >= 0.6 is 11.3 Å². The van der Waals surface area contributed by atoms with Crippen molar-refractivity contribution in [1.29, 1.82) is 0 Å². The molecule has 3 aromatic heterocycles. The molecule has 16 heavy (non-hydrogen) atoms. The summed E-state index contributed by atoms with van der Waals surface area (Å²) in [5.41, 5.74) is 1.74. The predicted molar refractivity (Wildman–Crippen MR) is 65.7 cm³/mol. The molecule has 0 atom stereocenters. The van der Waals surface area contributed by atoms with Gasteiger partial charge in [0.2, 0.25) is 5.56 Å². The lowest BCUT2D eigenvalue weighted by Gasteiger charge is -1.92. The molecule has 0 aliphatic carbocycles. The standard InChI is InChI=1S/C12H8N2OS/c15-12-5-4-10-9(14-12)7-11(16-10)8-3-1-2-6-13-8/h1-7H,(H,14,15). The molecule has 0 aliphatic rings. The number of rotatable bonds is 1. The molecule has 0 radical (unpaired) electrons. The molecule has 0 saturated carbocycles. The molecule has 3 rings (SSSR count). The third-order valence-corrected chi connectivity index (χ3v) is 3.44. The molecule has 0 aromatic carbocycles. The van der Waals surface area contributed by atoms with Crippen LogP contribution in [0.2, 0.25) is 0 Å². The van der Waals surface area contributed by atoms with Gasteiger partial charge in [-0.05, 0) is 24.3 Å². The Labute approximate surface area is 95.4 Å². The molecular weight excluding hydrogens is 220 g/mol. The summed E-state index contributed by atoms with van der Waals surface area (Å²) in [6.07, 6.45) is 1.77. The average molecular weight is 228 g/mol. The zero-order chi connectivity index (χ0) is 11.0. The Hall–Kier alpha value is -1.94. The van der Waals surface area contributed by atoms with Crippen molar-refractivity contribution in [3.63, 3.8) is 0 Å². The van der Waals surface area contributed by atoms with Crippen LogP contribution in [0.3, 0.4) is 0 Å². The second kappa shape index (κ2) is 3.57. The van der Waals surface area contributed by atoms with Crippen molar-refractivity contribution in [3.05, 3.63) is 52.9 Å². The van der Waals surface area contributed by atoms with E-state index in [1.54, 1.807) is 23.6 Å². The number of fused-ring (bicyclic) bond motifs is 1. The molecule has 4 heteroatoms. The Morgan fingerprint density at radius 3 is 2.94 bits per heavy atom. The lowest BCUT2D eigenvalue weighted by Crippen LogP contribution is -2.00. The van der Waals surface area contributed by atoms with Gasteiger partial charge in [0, 0.05) is 12.3 Å². The lowest BCUT2D eigenvalue weighted by atomic mass is 10.3. The second-order valence-corrected chi connectivity index (χ2v) is 4.51. The average Bonchev–Trinajstić information content (AvgIpc) is 2.73. The number of hydrogen-bond acceptors (Lipinski definition) is 3. The number of H-pyrrole nitrogens is 1. The fourth-order valence-electron chi connectivity index (χ4n) is 1.59. The first-order valence-electron chi connectivity index (χ1n) is 4.87. The minimum Gasteiger partial charge on any atom is -0.321 e. The van der Waals surface area contributed by atoms with E-state index in [1.165, 1.54) is 0 Å². The first-order valence-corrected chi connectivity index (χ1v) is 5.69. The molecule has 0 unspecified atom stereocenters. The minimum atomic E-state index is -0.0714. The monoisotopic (exact) mass is 228 g/mol. The van der Waals surface area contributed by atoms with Gasteiger partial charge in [-0.25, -0.2) is 0 Å². The van der Waals surface area contributed by atoms with E-state index >= 15 is 0 Å². The van der Waals surface area contributed by atoms with E-state index in [0.29, 0.717) is 0 Å². The van der Waals surface area contributed by atoms with Crippen molar-refractivity contribution in [2.45, 2.75) is 0 Å². The van der Waals surface area contributed by atoms with Crippen LogP contribution in [-0.4, -0.2) is 9.97 Å². The smallest absolute Gasteiger partial charge is 0.248 e. The van der Waals surface area contributed by atoms with Crippen molar-refractivity contribution >= 4 is 21.6 Å². The van der Waals surface area contributed by atoms with E-state index in [4.69, 9.17) is 0 Å². The topological polar surface area (TPSA) is 45.8 Å². The Bertz CT molecular complexity index is 685. The molecule has 78 valence electrons. The van der Waals surface area contributed by atoms with Crippen LogP contribution in [0.5, 0.6) is 0 Å². The van der Waals surface area contributed by atoms with Gasteiger partial charge >= 0.3 is 0 Å². The van der Waals surface area contributed by atoms with Crippen LogP contribution in [0, 0.1) is 0 Å². The molecule has 0 saturated heterocycles. The van der Waals surface area contributed by atoms with Crippen LogP contribution in [-0.2, 0) is 0 Å². The van der Waals surface area contributed by atoms with Crippen molar-refractivity contribution < 1.29 is 0 Å². The maximum absolute atomic E-state index is 11.2. The van der Waals surface area contributed by atoms with Crippen LogP contribution in [0.25, 0.3) is 20.8 Å². The summed E-state index contributed by atoms with van der Waals surface area (Å²) in [5, 5.41) is 0. The molecule has 0 aliphatic heterocycles. The first kappa shape index (κ1) is 9.30. The third kappa shape index (κ3) is 1.53. The van der Waals surface area contributed by atoms with Gasteiger partial charge in [0.05, 0.1) is 20.8 Å². The zero-order valence-corrected chi connectivity index (χ0v) is 9.12. The minimum absolute atomic E-state index is 0.0714. The third-order valence-electron chi connectivity index (χ3n) is 2.32. The highest BCUT2D eigenvalue weighted by molar-refractivity contribution is 7.22. The maximum atomic E-state index is 11.2. The largest absolute Gasteiger partial charge is 0.321 e. The number of aromatic amines is 1. The number of hydrogen-bond donors (Lipinski definition) is 1. The van der Waals surface area contributed by atoms with E-state index in [9.17, 15) is 4.79 Å². The van der Waals surface area contributed by atoms with E-state index in [-0.39, 0.29) is 5.56 Å². The van der Waals surface area contributed by atoms with E-state index in [1.807, 2.05) is 30.3 Å². The first-order chi connectivity index (χ1) is 7.83. The van der Waals surface area contributed by atoms with Crippen LogP contribution in [0.15, 0.2) is 47.4 Å². The Morgan fingerprint density at radius 1 is 1.19 bits per heavy atom. The van der Waals surface area contributed by atoms with E-state index in [2.05, 4.69) is 9.97 Å². The van der Waals surface area contributed by atoms with Gasteiger partial charge in [0.1, 0.15) is 0 Å². The van der Waals surface area contributed by atoms with Gasteiger partial charge < -0.3 is 4.98 Å². The van der Waals surface area contributed by atoms with Crippen molar-refractivity contribution in [2.75, 3.05) is 0 Å². The van der Waals surface area contributed by atoms with Gasteiger partial charge in [-0.1, -0.05) is 6.07 Å². The number of nitrogens with zero attached hydrogens (tertiary/aromatic N) is 1. The number of nitrogens with one attached hydrogen (secondary N) is 1. The second-order valence-electron chi connectivity index (χ2n) is 3.43. The van der Waals surface area contributed by atoms with E-state index in [0.717, 1.165) is 20.8 Å². The molecule has 3 nitrogen and oxygen atoms in total. The molecule has 3 heterocycles. The van der Waals surface area contributed by atoms with Gasteiger partial charge in [-0.2, -0.15) is 0 Å². The number of thiophene rings is 1. The van der Waals surface area contributed by atoms with Crippen molar-refractivity contribution in [1.82, 2.24) is 9.97 Å². The molecule has 0 fully saturated rings. The maximum Gasteiger partial charge on any atom is 0.248 e. The number of pyridine rings is 2. The fraction of sp³-hybridized carbons (Fsp3) is 0.